The molecule has 6 nitrogen and oxygen atoms in total. The van der Waals surface area contributed by atoms with E-state index < -0.39 is 11.7 Å². The molecule has 0 spiro atoms. The highest BCUT2D eigenvalue weighted by atomic mass is 19.4. The van der Waals surface area contributed by atoms with E-state index in [-0.39, 0.29) is 12.5 Å². The fourth-order valence-corrected chi connectivity index (χ4v) is 3.79. The number of nitrogens with one attached hydrogen (secondary N) is 1. The second kappa shape index (κ2) is 8.68. The van der Waals surface area contributed by atoms with Gasteiger partial charge in [0.2, 0.25) is 5.91 Å². The lowest BCUT2D eigenvalue weighted by Gasteiger charge is -2.34. The minimum atomic E-state index is -4.39. The standard InChI is InChI=1S/C22H24F3N5O/c1-28-19-5-3-2-4-18(19)27-20(28)14-29-10-12-30(13-11-29)15-21(31)26-17-8-6-16(7-9-17)22(23,24)25/h2-9H,10-15H2,1H3,(H,26,31). The number of carbonyl (C=O) groups excluding carboxylic acids is 1. The van der Waals surface area contributed by atoms with Crippen molar-refractivity contribution in [2.24, 2.45) is 7.05 Å². The largest absolute Gasteiger partial charge is 0.416 e. The predicted molar refractivity (Wildman–Crippen MR) is 113 cm³/mol. The first-order valence-electron chi connectivity index (χ1n) is 10.1. The summed E-state index contributed by atoms with van der Waals surface area (Å²) in [4.78, 5) is 21.3. The van der Waals surface area contributed by atoms with Crippen molar-refractivity contribution in [2.45, 2.75) is 12.7 Å². The Balaban J connectivity index is 1.26. The van der Waals surface area contributed by atoms with Crippen molar-refractivity contribution in [1.82, 2.24) is 19.4 Å². The van der Waals surface area contributed by atoms with Gasteiger partial charge in [-0.2, -0.15) is 13.2 Å². The summed E-state index contributed by atoms with van der Waals surface area (Å²) in [7, 11) is 2.02. The highest BCUT2D eigenvalue weighted by Gasteiger charge is 2.30. The van der Waals surface area contributed by atoms with Crippen molar-refractivity contribution in [2.75, 3.05) is 38.0 Å². The number of fused-ring (bicyclic) bond motifs is 1. The van der Waals surface area contributed by atoms with Crippen molar-refractivity contribution >= 4 is 22.6 Å². The Labute approximate surface area is 178 Å². The number of hydrogen-bond donors (Lipinski definition) is 1. The van der Waals surface area contributed by atoms with Crippen LogP contribution in [0, 0.1) is 0 Å². The van der Waals surface area contributed by atoms with Crippen molar-refractivity contribution in [3.8, 4) is 0 Å². The van der Waals surface area contributed by atoms with Crippen LogP contribution in [0.15, 0.2) is 48.5 Å². The van der Waals surface area contributed by atoms with Crippen LogP contribution in [0.5, 0.6) is 0 Å². The van der Waals surface area contributed by atoms with E-state index >= 15 is 0 Å². The summed E-state index contributed by atoms with van der Waals surface area (Å²) in [6, 6.07) is 12.5. The summed E-state index contributed by atoms with van der Waals surface area (Å²) in [6.07, 6.45) is -4.39. The number of piperazine rings is 1. The van der Waals surface area contributed by atoms with E-state index in [1.54, 1.807) is 0 Å². The summed E-state index contributed by atoms with van der Waals surface area (Å²) >= 11 is 0. The van der Waals surface area contributed by atoms with E-state index in [1.165, 1.54) is 12.1 Å². The maximum Gasteiger partial charge on any atom is 0.416 e. The Morgan fingerprint density at radius 2 is 1.65 bits per heavy atom. The zero-order valence-electron chi connectivity index (χ0n) is 17.2. The lowest BCUT2D eigenvalue weighted by atomic mass is 10.2. The number of anilines is 1. The first-order chi connectivity index (χ1) is 14.8. The van der Waals surface area contributed by atoms with Crippen LogP contribution in [0.3, 0.4) is 0 Å². The van der Waals surface area contributed by atoms with Gasteiger partial charge in [0, 0.05) is 38.9 Å². The van der Waals surface area contributed by atoms with E-state index in [0.717, 1.165) is 61.7 Å². The third kappa shape index (κ3) is 5.05. The van der Waals surface area contributed by atoms with Gasteiger partial charge in [-0.3, -0.25) is 14.6 Å². The number of para-hydroxylation sites is 2. The fraction of sp³-hybridized carbons (Fsp3) is 0.364. The van der Waals surface area contributed by atoms with Gasteiger partial charge in [0.1, 0.15) is 5.82 Å². The molecule has 1 fully saturated rings. The molecule has 1 aromatic heterocycles. The lowest BCUT2D eigenvalue weighted by Crippen LogP contribution is -2.48. The van der Waals surface area contributed by atoms with Crippen LogP contribution < -0.4 is 5.32 Å². The maximum absolute atomic E-state index is 12.6. The Morgan fingerprint density at radius 1 is 1.00 bits per heavy atom. The second-order valence-electron chi connectivity index (χ2n) is 7.75. The molecule has 2 aromatic carbocycles. The molecule has 2 heterocycles. The van der Waals surface area contributed by atoms with Crippen molar-refractivity contribution in [3.63, 3.8) is 0 Å². The van der Waals surface area contributed by atoms with Gasteiger partial charge in [0.05, 0.1) is 29.7 Å². The van der Waals surface area contributed by atoms with Gasteiger partial charge in [-0.25, -0.2) is 4.98 Å². The molecule has 0 atom stereocenters. The number of imidazole rings is 1. The molecule has 9 heteroatoms. The van der Waals surface area contributed by atoms with Gasteiger partial charge < -0.3 is 9.88 Å². The normalized spacial score (nSPS) is 16.0. The number of benzene rings is 2. The number of hydrogen-bond acceptors (Lipinski definition) is 4. The number of aromatic nitrogens is 2. The molecule has 0 aliphatic carbocycles. The van der Waals surface area contributed by atoms with Crippen LogP contribution in [0.4, 0.5) is 18.9 Å². The van der Waals surface area contributed by atoms with Gasteiger partial charge >= 0.3 is 6.18 Å². The van der Waals surface area contributed by atoms with Crippen LogP contribution in [-0.4, -0.2) is 58.0 Å². The van der Waals surface area contributed by atoms with Crippen LogP contribution in [0.25, 0.3) is 11.0 Å². The molecule has 0 radical (unpaired) electrons. The van der Waals surface area contributed by atoms with E-state index in [9.17, 15) is 18.0 Å². The van der Waals surface area contributed by atoms with Crippen LogP contribution in [0.1, 0.15) is 11.4 Å². The molecule has 1 saturated heterocycles. The minimum absolute atomic E-state index is 0.209. The van der Waals surface area contributed by atoms with Gasteiger partial charge in [0.25, 0.3) is 0 Å². The van der Waals surface area contributed by atoms with Crippen molar-refractivity contribution < 1.29 is 18.0 Å². The third-order valence-corrected chi connectivity index (χ3v) is 5.57. The molecule has 1 amide bonds. The van der Waals surface area contributed by atoms with Gasteiger partial charge in [-0.05, 0) is 36.4 Å². The predicted octanol–water partition coefficient (Wildman–Crippen LogP) is 3.35. The molecule has 1 N–H and O–H groups in total. The molecular formula is C22H24F3N5O. The van der Waals surface area contributed by atoms with E-state index in [2.05, 4.69) is 20.9 Å². The summed E-state index contributed by atoms with van der Waals surface area (Å²) in [5.41, 5.74) is 1.72. The van der Waals surface area contributed by atoms with Crippen LogP contribution in [-0.2, 0) is 24.6 Å². The number of aryl methyl sites for hydroxylation is 1. The van der Waals surface area contributed by atoms with Crippen molar-refractivity contribution in [1.29, 1.82) is 0 Å². The molecule has 31 heavy (non-hydrogen) atoms. The molecule has 4 rings (SSSR count). The highest BCUT2D eigenvalue weighted by Crippen LogP contribution is 2.29. The van der Waals surface area contributed by atoms with E-state index in [0.29, 0.717) is 5.69 Å². The zero-order chi connectivity index (χ0) is 22.0. The average molecular weight is 431 g/mol. The minimum Gasteiger partial charge on any atom is -0.330 e. The van der Waals surface area contributed by atoms with Gasteiger partial charge in [-0.15, -0.1) is 0 Å². The van der Waals surface area contributed by atoms with Crippen molar-refractivity contribution in [3.05, 3.63) is 59.9 Å². The SMILES string of the molecule is Cn1c(CN2CCN(CC(=O)Nc3ccc(C(F)(F)F)cc3)CC2)nc2ccccc21. The second-order valence-corrected chi connectivity index (χ2v) is 7.75. The number of alkyl halides is 3. The summed E-state index contributed by atoms with van der Waals surface area (Å²) in [6.45, 7) is 4.07. The molecule has 1 aliphatic rings. The maximum atomic E-state index is 12.6. The van der Waals surface area contributed by atoms with E-state index in [1.807, 2.05) is 30.1 Å². The first-order valence-corrected chi connectivity index (χ1v) is 10.1. The Kier molecular flexibility index (Phi) is 5.97. The number of nitrogens with zero attached hydrogens (tertiary/aromatic N) is 4. The summed E-state index contributed by atoms with van der Waals surface area (Å²) in [5, 5.41) is 2.67. The smallest absolute Gasteiger partial charge is 0.330 e. The zero-order valence-corrected chi connectivity index (χ0v) is 17.2. The summed E-state index contributed by atoms with van der Waals surface area (Å²) in [5.74, 6) is 0.776. The van der Waals surface area contributed by atoms with Crippen LogP contribution >= 0.6 is 0 Å². The average Bonchev–Trinajstić information content (AvgIpc) is 3.05. The topological polar surface area (TPSA) is 53.4 Å². The Morgan fingerprint density at radius 3 is 2.29 bits per heavy atom. The Bertz CT molecular complexity index is 1050. The number of halogens is 3. The van der Waals surface area contributed by atoms with Gasteiger partial charge in [0.15, 0.2) is 0 Å². The molecule has 164 valence electrons. The molecule has 1 aliphatic heterocycles. The highest BCUT2D eigenvalue weighted by molar-refractivity contribution is 5.92. The number of carbonyl (C=O) groups is 1. The van der Waals surface area contributed by atoms with Crippen LogP contribution in [0.2, 0.25) is 0 Å². The number of amides is 1. The molecular weight excluding hydrogens is 407 g/mol. The molecule has 0 bridgehead atoms. The summed E-state index contributed by atoms with van der Waals surface area (Å²) < 4.78 is 40.0. The van der Waals surface area contributed by atoms with Gasteiger partial charge in [-0.1, -0.05) is 12.1 Å². The molecule has 0 saturated carbocycles. The Hall–Kier alpha value is -2.91. The van der Waals surface area contributed by atoms with E-state index in [4.69, 9.17) is 4.98 Å². The molecule has 0 unspecified atom stereocenters. The molecule has 3 aromatic rings. The lowest BCUT2D eigenvalue weighted by molar-refractivity contribution is -0.137. The monoisotopic (exact) mass is 431 g/mol. The quantitative estimate of drug-likeness (QED) is 0.673. The number of rotatable bonds is 5. The third-order valence-electron chi connectivity index (χ3n) is 5.57. The fourth-order valence-electron chi connectivity index (χ4n) is 3.79. The first kappa shape index (κ1) is 21.3.